The highest BCUT2D eigenvalue weighted by Gasteiger charge is 2.43. The van der Waals surface area contributed by atoms with Gasteiger partial charge in [-0.3, -0.25) is 19.2 Å². The van der Waals surface area contributed by atoms with E-state index in [2.05, 4.69) is 15.9 Å². The van der Waals surface area contributed by atoms with Crippen LogP contribution in [0, 0.1) is 0 Å². The van der Waals surface area contributed by atoms with Gasteiger partial charge in [0.25, 0.3) is 11.8 Å². The van der Waals surface area contributed by atoms with E-state index in [1.54, 1.807) is 60.7 Å². The third-order valence-electron chi connectivity index (χ3n) is 8.85. The average Bonchev–Trinajstić information content (AvgIpc) is 3.52. The third-order valence-corrected chi connectivity index (χ3v) is 10.1. The molecule has 6 rings (SSSR count). The summed E-state index contributed by atoms with van der Waals surface area (Å²) in [5.41, 5.74) is 3.79. The van der Waals surface area contributed by atoms with Gasteiger partial charge in [0.15, 0.2) is 23.1 Å². The van der Waals surface area contributed by atoms with E-state index in [1.165, 1.54) is 23.6 Å². The molecule has 0 fully saturated rings. The summed E-state index contributed by atoms with van der Waals surface area (Å²) >= 11 is 21.2. The van der Waals surface area contributed by atoms with Crippen LogP contribution in [0.2, 0.25) is 15.1 Å². The molecule has 2 heterocycles. The number of carbonyl (C=O) groups excluding carboxylic acids is 4. The molecule has 4 aromatic carbocycles. The van der Waals surface area contributed by atoms with Gasteiger partial charge in [-0.15, -0.1) is 0 Å². The Balaban J connectivity index is 0.000000201. The summed E-state index contributed by atoms with van der Waals surface area (Å²) in [7, 11) is 0. The Morgan fingerprint density at radius 3 is 1.21 bits per heavy atom. The van der Waals surface area contributed by atoms with Gasteiger partial charge in [-0.1, -0.05) is 99.3 Å². The zero-order valence-corrected chi connectivity index (χ0v) is 32.0. The zero-order valence-electron chi connectivity index (χ0n) is 28.2. The van der Waals surface area contributed by atoms with Gasteiger partial charge >= 0.3 is 0 Å². The number of ketones is 2. The third kappa shape index (κ3) is 8.78. The molecule has 2 amide bonds. The van der Waals surface area contributed by atoms with Crippen LogP contribution in [0.3, 0.4) is 0 Å². The van der Waals surface area contributed by atoms with Crippen molar-refractivity contribution in [2.24, 2.45) is 0 Å². The van der Waals surface area contributed by atoms with Crippen LogP contribution in [-0.2, 0) is 32.0 Å². The second-order valence-corrected chi connectivity index (χ2v) is 14.5. The molecule has 12 heteroatoms. The second kappa shape index (κ2) is 16.9. The molecular formula is C40H34BrCl3N2O6. The minimum absolute atomic E-state index is 0.119. The first-order chi connectivity index (χ1) is 24.8. The summed E-state index contributed by atoms with van der Waals surface area (Å²) in [5.74, 6) is -2.65. The van der Waals surface area contributed by atoms with Crippen LogP contribution in [0.5, 0.6) is 0 Å². The van der Waals surface area contributed by atoms with Crippen LogP contribution in [-0.4, -0.2) is 56.5 Å². The molecule has 268 valence electrons. The first-order valence-electron chi connectivity index (χ1n) is 16.3. The summed E-state index contributed by atoms with van der Waals surface area (Å²) in [6, 6.07) is 27.8. The van der Waals surface area contributed by atoms with Gasteiger partial charge in [-0.2, -0.15) is 0 Å². The molecule has 0 aliphatic carbocycles. The number of nitrogens with zero attached hydrogens (tertiary/aromatic N) is 2. The van der Waals surface area contributed by atoms with E-state index in [0.717, 1.165) is 26.7 Å². The van der Waals surface area contributed by atoms with E-state index >= 15 is 0 Å². The molecule has 0 saturated carbocycles. The van der Waals surface area contributed by atoms with Crippen molar-refractivity contribution in [1.82, 2.24) is 9.80 Å². The quantitative estimate of drug-likeness (QED) is 0.165. The molecule has 0 radical (unpaired) electrons. The fourth-order valence-corrected chi connectivity index (χ4v) is 6.91. The Morgan fingerprint density at radius 1 is 0.577 bits per heavy atom. The fraction of sp³-hybridized carbons (Fsp3) is 0.200. The van der Waals surface area contributed by atoms with Crippen LogP contribution in [0.15, 0.2) is 124 Å². The Bertz CT molecular complexity index is 1900. The van der Waals surface area contributed by atoms with E-state index < -0.39 is 35.4 Å². The number of aliphatic hydroxyl groups excluding tert-OH is 2. The lowest BCUT2D eigenvalue weighted by molar-refractivity contribution is -0.130. The molecule has 2 unspecified atom stereocenters. The van der Waals surface area contributed by atoms with Crippen molar-refractivity contribution in [1.29, 1.82) is 0 Å². The van der Waals surface area contributed by atoms with Gasteiger partial charge in [0.2, 0.25) is 0 Å². The van der Waals surface area contributed by atoms with E-state index in [0.29, 0.717) is 41.0 Å². The molecule has 8 nitrogen and oxygen atoms in total. The average molecular weight is 825 g/mol. The van der Waals surface area contributed by atoms with Crippen LogP contribution in [0.25, 0.3) is 0 Å². The maximum absolute atomic E-state index is 12.6. The second-order valence-electron chi connectivity index (χ2n) is 12.3. The fourth-order valence-electron chi connectivity index (χ4n) is 6.27. The highest BCUT2D eigenvalue weighted by Crippen LogP contribution is 2.39. The van der Waals surface area contributed by atoms with Crippen LogP contribution in [0.4, 0.5) is 0 Å². The number of aliphatic hydroxyl groups is 2. The smallest absolute Gasteiger partial charge is 0.290 e. The van der Waals surface area contributed by atoms with Crippen molar-refractivity contribution < 1.29 is 29.4 Å². The van der Waals surface area contributed by atoms with Gasteiger partial charge in [0, 0.05) is 32.6 Å². The standard InChI is InChI=1S/C20H17BrClNO3.C20H17Cl2NO3/c2*1-12(24)17-18(14-4-8-16(22)9-5-14)23(20(26)19(17)25)11-10-13-2-6-15(21)7-3-13/h2*2-9,18,25H,10-11H2,1H3. The molecule has 0 aromatic heterocycles. The van der Waals surface area contributed by atoms with E-state index in [4.69, 9.17) is 34.8 Å². The largest absolute Gasteiger partial charge is 0.503 e. The summed E-state index contributed by atoms with van der Waals surface area (Å²) in [6.45, 7) is 3.45. The number of amides is 2. The minimum atomic E-state index is -0.621. The Kier molecular flexibility index (Phi) is 12.6. The molecule has 2 aliphatic rings. The van der Waals surface area contributed by atoms with Crippen LogP contribution < -0.4 is 0 Å². The van der Waals surface area contributed by atoms with E-state index in [9.17, 15) is 29.4 Å². The first kappa shape index (κ1) is 38.8. The summed E-state index contributed by atoms with van der Waals surface area (Å²) in [5, 5.41) is 22.3. The van der Waals surface area contributed by atoms with Crippen molar-refractivity contribution in [3.8, 4) is 0 Å². The molecular weight excluding hydrogens is 791 g/mol. The van der Waals surface area contributed by atoms with Crippen LogP contribution >= 0.6 is 50.7 Å². The van der Waals surface area contributed by atoms with Gasteiger partial charge in [-0.25, -0.2) is 0 Å². The molecule has 2 atom stereocenters. The molecule has 4 aromatic rings. The lowest BCUT2D eigenvalue weighted by Crippen LogP contribution is -2.32. The Labute approximate surface area is 325 Å². The van der Waals surface area contributed by atoms with Crippen molar-refractivity contribution >= 4 is 74.1 Å². The van der Waals surface area contributed by atoms with Crippen molar-refractivity contribution in [2.45, 2.75) is 38.8 Å². The maximum Gasteiger partial charge on any atom is 0.290 e. The number of Topliss-reactive ketones (excluding diaryl/α,β-unsaturated/α-hetero) is 2. The Hall–Kier alpha value is -4.41. The number of hydrogen-bond acceptors (Lipinski definition) is 6. The monoisotopic (exact) mass is 822 g/mol. The van der Waals surface area contributed by atoms with Crippen molar-refractivity contribution in [3.05, 3.63) is 162 Å². The Morgan fingerprint density at radius 2 is 0.885 bits per heavy atom. The summed E-state index contributed by atoms with van der Waals surface area (Å²) < 4.78 is 0.982. The molecule has 0 spiro atoms. The highest BCUT2D eigenvalue weighted by atomic mass is 79.9. The SMILES string of the molecule is CC(=O)C1=C(O)C(=O)N(CCc2ccc(Br)cc2)C1c1ccc(Cl)cc1.CC(=O)C1=C(O)C(=O)N(CCc2ccc(Cl)cc2)C1c1ccc(Cl)cc1. The molecule has 0 saturated heterocycles. The molecule has 52 heavy (non-hydrogen) atoms. The summed E-state index contributed by atoms with van der Waals surface area (Å²) in [6.07, 6.45) is 1.19. The van der Waals surface area contributed by atoms with Crippen LogP contribution in [0.1, 0.15) is 48.2 Å². The number of hydrogen-bond donors (Lipinski definition) is 2. The first-order valence-corrected chi connectivity index (χ1v) is 18.2. The highest BCUT2D eigenvalue weighted by molar-refractivity contribution is 9.10. The minimum Gasteiger partial charge on any atom is -0.503 e. The predicted molar refractivity (Wildman–Crippen MR) is 205 cm³/mol. The van der Waals surface area contributed by atoms with Gasteiger partial charge < -0.3 is 20.0 Å². The molecule has 2 aliphatic heterocycles. The molecule has 2 N–H and O–H groups in total. The number of rotatable bonds is 10. The topological polar surface area (TPSA) is 115 Å². The van der Waals surface area contributed by atoms with Gasteiger partial charge in [-0.05, 0) is 97.5 Å². The number of halogens is 4. The van der Waals surface area contributed by atoms with Gasteiger partial charge in [0.1, 0.15) is 0 Å². The predicted octanol–water partition coefficient (Wildman–Crippen LogP) is 9.15. The lowest BCUT2D eigenvalue weighted by Gasteiger charge is -2.26. The maximum atomic E-state index is 12.6. The number of carbonyl (C=O) groups is 4. The van der Waals surface area contributed by atoms with Crippen molar-refractivity contribution in [3.63, 3.8) is 0 Å². The normalized spacial score (nSPS) is 17.1. The summed E-state index contributed by atoms with van der Waals surface area (Å²) in [4.78, 5) is 52.4. The number of benzene rings is 4. The zero-order chi connectivity index (χ0) is 37.7. The lowest BCUT2D eigenvalue weighted by atomic mass is 9.96. The molecule has 0 bridgehead atoms. The van der Waals surface area contributed by atoms with E-state index in [1.807, 2.05) is 36.4 Å². The van der Waals surface area contributed by atoms with E-state index in [-0.39, 0.29) is 22.7 Å². The van der Waals surface area contributed by atoms with Gasteiger partial charge in [0.05, 0.1) is 23.2 Å². The van der Waals surface area contributed by atoms with Crippen molar-refractivity contribution in [2.75, 3.05) is 13.1 Å².